The van der Waals surface area contributed by atoms with E-state index in [9.17, 15) is 9.18 Å². The minimum atomic E-state index is -0.623. The van der Waals surface area contributed by atoms with Gasteiger partial charge in [-0.1, -0.05) is 60.7 Å². The van der Waals surface area contributed by atoms with Crippen molar-refractivity contribution in [2.24, 2.45) is 4.99 Å². The molecule has 1 aliphatic rings. The van der Waals surface area contributed by atoms with E-state index in [1.807, 2.05) is 54.6 Å². The summed E-state index contributed by atoms with van der Waals surface area (Å²) < 4.78 is 25.0. The van der Waals surface area contributed by atoms with Crippen LogP contribution < -0.4 is 4.74 Å². The summed E-state index contributed by atoms with van der Waals surface area (Å²) >= 11 is 0. The highest BCUT2D eigenvalue weighted by Gasteiger charge is 2.26. The summed E-state index contributed by atoms with van der Waals surface area (Å²) in [6.45, 7) is 0.498. The van der Waals surface area contributed by atoms with Gasteiger partial charge in [0, 0.05) is 12.0 Å². The summed E-state index contributed by atoms with van der Waals surface area (Å²) in [4.78, 5) is 16.4. The van der Waals surface area contributed by atoms with E-state index in [1.54, 1.807) is 18.2 Å². The molecule has 0 radical (unpaired) electrons. The first-order valence-electron chi connectivity index (χ1n) is 9.24. The number of para-hydroxylation sites is 1. The molecule has 0 N–H and O–H groups in total. The zero-order valence-electron chi connectivity index (χ0n) is 15.5. The van der Waals surface area contributed by atoms with Crippen molar-refractivity contribution in [3.63, 3.8) is 0 Å². The fourth-order valence-electron chi connectivity index (χ4n) is 2.96. The molecule has 5 heteroatoms. The van der Waals surface area contributed by atoms with Crippen LogP contribution in [0, 0.1) is 5.82 Å². The molecule has 3 aromatic rings. The highest BCUT2D eigenvalue weighted by molar-refractivity contribution is 6.13. The van der Waals surface area contributed by atoms with Crippen molar-refractivity contribution >= 4 is 17.9 Å². The Kier molecular flexibility index (Phi) is 5.47. The number of hydrogen-bond donors (Lipinski definition) is 0. The van der Waals surface area contributed by atoms with Gasteiger partial charge < -0.3 is 9.47 Å². The van der Waals surface area contributed by atoms with E-state index in [4.69, 9.17) is 9.47 Å². The maximum absolute atomic E-state index is 14.0. The van der Waals surface area contributed by atoms with Crippen molar-refractivity contribution < 1.29 is 18.7 Å². The van der Waals surface area contributed by atoms with E-state index in [-0.39, 0.29) is 17.2 Å². The van der Waals surface area contributed by atoms with Gasteiger partial charge in [0.2, 0.25) is 5.90 Å². The molecule has 4 nitrogen and oxygen atoms in total. The van der Waals surface area contributed by atoms with Gasteiger partial charge >= 0.3 is 5.97 Å². The second kappa shape index (κ2) is 8.52. The molecule has 0 saturated heterocycles. The lowest BCUT2D eigenvalue weighted by molar-refractivity contribution is -0.129. The van der Waals surface area contributed by atoms with Gasteiger partial charge in [-0.2, -0.15) is 0 Å². The fourth-order valence-corrected chi connectivity index (χ4v) is 2.96. The number of rotatable bonds is 6. The van der Waals surface area contributed by atoms with E-state index in [0.29, 0.717) is 17.9 Å². The van der Waals surface area contributed by atoms with E-state index < -0.39 is 11.8 Å². The highest BCUT2D eigenvalue weighted by atomic mass is 19.1. The topological polar surface area (TPSA) is 47.9 Å². The second-order valence-electron chi connectivity index (χ2n) is 6.44. The summed E-state index contributed by atoms with van der Waals surface area (Å²) in [6, 6.07) is 23.5. The number of carbonyl (C=O) groups excluding carboxylic acids is 1. The first-order chi connectivity index (χ1) is 14.2. The fraction of sp³-hybridized carbons (Fsp3) is 0.0833. The molecule has 0 saturated carbocycles. The average Bonchev–Trinajstić information content (AvgIpc) is 3.10. The second-order valence-corrected chi connectivity index (χ2v) is 6.44. The SMILES string of the molecule is O=C1OC(c2ccccc2F)=N/C1=C\c1ccccc1OCCc1ccccc1. The molecule has 0 bridgehead atoms. The van der Waals surface area contributed by atoms with Crippen LogP contribution in [-0.4, -0.2) is 18.5 Å². The molecule has 0 atom stereocenters. The van der Waals surface area contributed by atoms with Crippen molar-refractivity contribution in [1.82, 2.24) is 0 Å². The summed E-state index contributed by atoms with van der Waals surface area (Å²) in [7, 11) is 0. The molecular weight excluding hydrogens is 369 g/mol. The van der Waals surface area contributed by atoms with E-state index >= 15 is 0 Å². The van der Waals surface area contributed by atoms with Crippen LogP contribution in [0.2, 0.25) is 0 Å². The predicted molar refractivity (Wildman–Crippen MR) is 109 cm³/mol. The third-order valence-electron chi connectivity index (χ3n) is 4.43. The van der Waals surface area contributed by atoms with Crippen molar-refractivity contribution in [2.75, 3.05) is 6.61 Å². The Morgan fingerprint density at radius 3 is 2.48 bits per heavy atom. The smallest absolute Gasteiger partial charge is 0.363 e. The first kappa shape index (κ1) is 18.6. The standard InChI is InChI=1S/C24H18FNO3/c25-20-12-6-5-11-19(20)23-26-21(24(27)29-23)16-18-10-4-7-13-22(18)28-15-14-17-8-2-1-3-9-17/h1-13,16H,14-15H2/b21-16-. The Bertz CT molecular complexity index is 1090. The van der Waals surface area contributed by atoms with E-state index in [2.05, 4.69) is 4.99 Å². The van der Waals surface area contributed by atoms with Crippen LogP contribution >= 0.6 is 0 Å². The summed E-state index contributed by atoms with van der Waals surface area (Å²) in [6.07, 6.45) is 2.36. The molecule has 0 amide bonds. The number of benzene rings is 3. The number of carbonyl (C=O) groups is 1. The van der Waals surface area contributed by atoms with Gasteiger partial charge in [-0.15, -0.1) is 0 Å². The lowest BCUT2D eigenvalue weighted by atomic mass is 10.1. The number of ether oxygens (including phenoxy) is 2. The number of nitrogens with zero attached hydrogens (tertiary/aromatic N) is 1. The van der Waals surface area contributed by atoms with Gasteiger partial charge in [0.1, 0.15) is 11.6 Å². The molecule has 0 spiro atoms. The van der Waals surface area contributed by atoms with Crippen LogP contribution in [0.25, 0.3) is 6.08 Å². The normalized spacial score (nSPS) is 14.6. The van der Waals surface area contributed by atoms with E-state index in [0.717, 1.165) is 6.42 Å². The Morgan fingerprint density at radius 1 is 0.931 bits per heavy atom. The average molecular weight is 387 g/mol. The molecule has 0 fully saturated rings. The lowest BCUT2D eigenvalue weighted by Crippen LogP contribution is -2.07. The third-order valence-corrected chi connectivity index (χ3v) is 4.43. The van der Waals surface area contributed by atoms with Crippen molar-refractivity contribution in [3.8, 4) is 5.75 Å². The predicted octanol–water partition coefficient (Wildman–Crippen LogP) is 4.79. The van der Waals surface area contributed by atoms with Crippen molar-refractivity contribution in [1.29, 1.82) is 0 Å². The van der Waals surface area contributed by atoms with Crippen LogP contribution in [0.1, 0.15) is 16.7 Å². The zero-order chi connectivity index (χ0) is 20.1. The minimum absolute atomic E-state index is 0.0400. The van der Waals surface area contributed by atoms with Crippen molar-refractivity contribution in [2.45, 2.75) is 6.42 Å². The maximum Gasteiger partial charge on any atom is 0.363 e. The molecule has 3 aromatic carbocycles. The molecule has 0 unspecified atom stereocenters. The summed E-state index contributed by atoms with van der Waals surface area (Å²) in [5, 5.41) is 0. The van der Waals surface area contributed by atoms with E-state index in [1.165, 1.54) is 17.7 Å². The molecule has 0 aromatic heterocycles. The van der Waals surface area contributed by atoms with Gasteiger partial charge in [0.25, 0.3) is 0 Å². The van der Waals surface area contributed by atoms with Gasteiger partial charge in [-0.05, 0) is 29.8 Å². The lowest BCUT2D eigenvalue weighted by Gasteiger charge is -2.09. The van der Waals surface area contributed by atoms with Gasteiger partial charge in [-0.25, -0.2) is 14.2 Å². The van der Waals surface area contributed by atoms with Crippen LogP contribution in [0.3, 0.4) is 0 Å². The number of cyclic esters (lactones) is 1. The Labute approximate surface area is 167 Å². The van der Waals surface area contributed by atoms with Gasteiger partial charge in [-0.3, -0.25) is 0 Å². The monoisotopic (exact) mass is 387 g/mol. The summed E-state index contributed by atoms with van der Waals surface area (Å²) in [5.74, 6) is -0.521. The number of esters is 1. The maximum atomic E-state index is 14.0. The molecule has 144 valence electrons. The zero-order valence-corrected chi connectivity index (χ0v) is 15.5. The van der Waals surface area contributed by atoms with Crippen molar-refractivity contribution in [3.05, 3.63) is 107 Å². The quantitative estimate of drug-likeness (QED) is 0.451. The number of halogens is 1. The van der Waals surface area contributed by atoms with Crippen LogP contribution in [0.5, 0.6) is 5.75 Å². The molecule has 0 aliphatic carbocycles. The molecule has 1 heterocycles. The molecule has 1 aliphatic heterocycles. The van der Waals surface area contributed by atoms with Gasteiger partial charge in [0.15, 0.2) is 5.70 Å². The minimum Gasteiger partial charge on any atom is -0.493 e. The van der Waals surface area contributed by atoms with Crippen LogP contribution in [0.4, 0.5) is 4.39 Å². The largest absolute Gasteiger partial charge is 0.493 e. The van der Waals surface area contributed by atoms with Crippen LogP contribution in [-0.2, 0) is 16.0 Å². The Balaban J connectivity index is 1.53. The first-order valence-corrected chi connectivity index (χ1v) is 9.24. The Hall–Kier alpha value is -3.73. The Morgan fingerprint density at radius 2 is 1.66 bits per heavy atom. The highest BCUT2D eigenvalue weighted by Crippen LogP contribution is 2.25. The molecule has 29 heavy (non-hydrogen) atoms. The number of aliphatic imine (C=N–C) groups is 1. The number of hydrogen-bond acceptors (Lipinski definition) is 4. The van der Waals surface area contributed by atoms with Crippen LogP contribution in [0.15, 0.2) is 89.6 Å². The summed E-state index contributed by atoms with van der Waals surface area (Å²) in [5.41, 5.74) is 2.13. The third kappa shape index (κ3) is 4.41. The van der Waals surface area contributed by atoms with Gasteiger partial charge in [0.05, 0.1) is 12.2 Å². The molecular formula is C24H18FNO3. The molecule has 4 rings (SSSR count).